The van der Waals surface area contributed by atoms with Crippen LogP contribution in [0.5, 0.6) is 5.75 Å². The summed E-state index contributed by atoms with van der Waals surface area (Å²) in [6.45, 7) is 4.91. The molecule has 0 saturated carbocycles. The molecular weight excluding hydrogens is 394 g/mol. The molecule has 1 atom stereocenters. The van der Waals surface area contributed by atoms with Crippen LogP contribution in [0.2, 0.25) is 5.02 Å². The van der Waals surface area contributed by atoms with Gasteiger partial charge in [0.15, 0.2) is 5.76 Å². The van der Waals surface area contributed by atoms with E-state index in [4.69, 9.17) is 25.5 Å². The van der Waals surface area contributed by atoms with Gasteiger partial charge in [-0.3, -0.25) is 9.59 Å². The molecule has 0 bridgehead atoms. The van der Waals surface area contributed by atoms with Crippen molar-refractivity contribution in [3.8, 4) is 17.6 Å². The zero-order valence-corrected chi connectivity index (χ0v) is 17.5. The highest BCUT2D eigenvalue weighted by atomic mass is 35.5. The molecule has 6 nitrogen and oxygen atoms in total. The second kappa shape index (κ2) is 10.6. The van der Waals surface area contributed by atoms with Gasteiger partial charge in [0.2, 0.25) is 5.91 Å². The summed E-state index contributed by atoms with van der Waals surface area (Å²) in [6, 6.07) is 10.7. The first-order chi connectivity index (χ1) is 13.8. The number of rotatable bonds is 8. The monoisotopic (exact) mass is 417 g/mol. The van der Waals surface area contributed by atoms with Gasteiger partial charge in [-0.2, -0.15) is 0 Å². The van der Waals surface area contributed by atoms with Gasteiger partial charge in [-0.05, 0) is 55.7 Å². The average Bonchev–Trinajstić information content (AvgIpc) is 3.11. The van der Waals surface area contributed by atoms with E-state index in [1.807, 2.05) is 13.0 Å². The van der Waals surface area contributed by atoms with Crippen LogP contribution >= 0.6 is 11.6 Å². The van der Waals surface area contributed by atoms with E-state index in [0.29, 0.717) is 29.4 Å². The van der Waals surface area contributed by atoms with Crippen molar-refractivity contribution >= 4 is 23.5 Å². The van der Waals surface area contributed by atoms with Crippen molar-refractivity contribution in [2.24, 2.45) is 0 Å². The summed E-state index contributed by atoms with van der Waals surface area (Å²) in [5.74, 6) is 7.17. The van der Waals surface area contributed by atoms with E-state index < -0.39 is 11.5 Å². The Kier molecular flexibility index (Phi) is 8.17. The number of carbonyl (C=O) groups is 2. The highest BCUT2D eigenvalue weighted by Crippen LogP contribution is 2.18. The molecule has 154 valence electrons. The second-order valence-electron chi connectivity index (χ2n) is 6.83. The Balaban J connectivity index is 1.87. The van der Waals surface area contributed by atoms with E-state index in [-0.39, 0.29) is 19.1 Å². The van der Waals surface area contributed by atoms with E-state index >= 15 is 0 Å². The maximum absolute atomic E-state index is 11.5. The first-order valence-electron chi connectivity index (χ1n) is 9.14. The molecule has 0 aliphatic rings. The number of hydrogen-bond donors (Lipinski definition) is 1. The number of carbonyl (C=O) groups excluding carboxylic acids is 2. The standard InChI is InChI=1S/C22H24ClNO5/c1-16(25)24-22(3,15-28-17(2)26)13-12-21-11-10-20(29-21)5-4-14-27-19-8-6-18(23)7-9-19/h6-11H,12-15H2,1-3H3,(H,24,25)/t22-/m1/s1. The van der Waals surface area contributed by atoms with Crippen LogP contribution in [0.1, 0.15) is 38.7 Å². The Morgan fingerprint density at radius 3 is 2.55 bits per heavy atom. The topological polar surface area (TPSA) is 77.8 Å². The highest BCUT2D eigenvalue weighted by Gasteiger charge is 2.27. The third-order valence-corrected chi connectivity index (χ3v) is 4.24. The lowest BCUT2D eigenvalue weighted by Crippen LogP contribution is -2.49. The zero-order valence-electron chi connectivity index (χ0n) is 16.7. The van der Waals surface area contributed by atoms with Crippen LogP contribution in [0.3, 0.4) is 0 Å². The van der Waals surface area contributed by atoms with Crippen LogP contribution in [-0.4, -0.2) is 30.6 Å². The predicted molar refractivity (Wildman–Crippen MR) is 110 cm³/mol. The molecule has 1 aromatic heterocycles. The minimum atomic E-state index is -0.678. The minimum Gasteiger partial charge on any atom is -0.481 e. The Hall–Kier alpha value is -2.91. The van der Waals surface area contributed by atoms with Crippen LogP contribution in [0.25, 0.3) is 0 Å². The van der Waals surface area contributed by atoms with Crippen LogP contribution in [0, 0.1) is 11.8 Å². The molecule has 0 radical (unpaired) electrons. The van der Waals surface area contributed by atoms with E-state index in [9.17, 15) is 9.59 Å². The third kappa shape index (κ3) is 8.32. The number of aryl methyl sites for hydroxylation is 1. The van der Waals surface area contributed by atoms with Gasteiger partial charge in [-0.1, -0.05) is 17.5 Å². The Bertz CT molecular complexity index is 894. The van der Waals surface area contributed by atoms with Gasteiger partial charge < -0.3 is 19.2 Å². The first kappa shape index (κ1) is 22.4. The molecule has 29 heavy (non-hydrogen) atoms. The van der Waals surface area contributed by atoms with Crippen molar-refractivity contribution in [3.05, 3.63) is 52.9 Å². The molecule has 0 fully saturated rings. The predicted octanol–water partition coefficient (Wildman–Crippen LogP) is 3.75. The van der Waals surface area contributed by atoms with Gasteiger partial charge in [0.1, 0.15) is 24.7 Å². The molecule has 0 aliphatic heterocycles. The van der Waals surface area contributed by atoms with Crippen molar-refractivity contribution in [2.45, 2.75) is 39.2 Å². The highest BCUT2D eigenvalue weighted by molar-refractivity contribution is 6.30. The number of furan rings is 1. The number of hydrogen-bond acceptors (Lipinski definition) is 5. The molecule has 0 aliphatic carbocycles. The summed E-state index contributed by atoms with van der Waals surface area (Å²) in [4.78, 5) is 22.6. The lowest BCUT2D eigenvalue weighted by atomic mass is 9.96. The summed E-state index contributed by atoms with van der Waals surface area (Å²) >= 11 is 5.83. The smallest absolute Gasteiger partial charge is 0.302 e. The fraction of sp³-hybridized carbons (Fsp3) is 0.364. The quantitative estimate of drug-likeness (QED) is 0.522. The second-order valence-corrected chi connectivity index (χ2v) is 7.27. The third-order valence-electron chi connectivity index (χ3n) is 3.99. The van der Waals surface area contributed by atoms with Crippen LogP contribution in [0.15, 0.2) is 40.8 Å². The molecule has 2 rings (SSSR count). The largest absolute Gasteiger partial charge is 0.481 e. The lowest BCUT2D eigenvalue weighted by molar-refractivity contribution is -0.144. The molecule has 7 heteroatoms. The molecule has 1 aromatic carbocycles. The van der Waals surface area contributed by atoms with E-state index in [1.165, 1.54) is 13.8 Å². The number of esters is 1. The fourth-order valence-electron chi connectivity index (χ4n) is 2.61. The first-order valence-corrected chi connectivity index (χ1v) is 9.52. The van der Waals surface area contributed by atoms with E-state index in [2.05, 4.69) is 17.2 Å². The summed E-state index contributed by atoms with van der Waals surface area (Å²) in [7, 11) is 0. The van der Waals surface area contributed by atoms with Crippen molar-refractivity contribution < 1.29 is 23.5 Å². The van der Waals surface area contributed by atoms with Crippen molar-refractivity contribution in [3.63, 3.8) is 0 Å². The van der Waals surface area contributed by atoms with Crippen molar-refractivity contribution in [1.82, 2.24) is 5.32 Å². The van der Waals surface area contributed by atoms with Crippen LogP contribution in [0.4, 0.5) is 0 Å². The molecule has 0 unspecified atom stereocenters. The summed E-state index contributed by atoms with van der Waals surface area (Å²) in [6.07, 6.45) is 1.10. The zero-order chi connectivity index (χ0) is 21.3. The normalized spacial score (nSPS) is 12.3. The molecule has 2 aromatic rings. The Morgan fingerprint density at radius 1 is 1.17 bits per heavy atom. The maximum Gasteiger partial charge on any atom is 0.302 e. The molecule has 0 saturated heterocycles. The number of halogens is 1. The fourth-order valence-corrected chi connectivity index (χ4v) is 2.73. The van der Waals surface area contributed by atoms with Gasteiger partial charge in [0.05, 0.1) is 5.54 Å². The molecule has 1 amide bonds. The number of ether oxygens (including phenoxy) is 2. The van der Waals surface area contributed by atoms with Gasteiger partial charge in [-0.15, -0.1) is 0 Å². The Morgan fingerprint density at radius 2 is 1.90 bits per heavy atom. The molecule has 1 heterocycles. The Labute approximate surface area is 175 Å². The molecule has 1 N–H and O–H groups in total. The molecule has 0 spiro atoms. The lowest BCUT2D eigenvalue weighted by Gasteiger charge is -2.29. The summed E-state index contributed by atoms with van der Waals surface area (Å²) < 4.78 is 16.3. The van der Waals surface area contributed by atoms with Crippen molar-refractivity contribution in [2.75, 3.05) is 13.2 Å². The van der Waals surface area contributed by atoms with Gasteiger partial charge in [0, 0.05) is 25.3 Å². The van der Waals surface area contributed by atoms with E-state index in [0.717, 1.165) is 5.76 Å². The van der Waals surface area contributed by atoms with E-state index in [1.54, 1.807) is 30.3 Å². The summed E-state index contributed by atoms with van der Waals surface area (Å²) in [5.41, 5.74) is -0.678. The van der Waals surface area contributed by atoms with Gasteiger partial charge in [0.25, 0.3) is 0 Å². The SMILES string of the molecule is CC(=O)N[C@](C)(CCc1ccc(C#CCOc2ccc(Cl)cc2)o1)COC(C)=O. The minimum absolute atomic E-state index is 0.0946. The van der Waals surface area contributed by atoms with Crippen LogP contribution < -0.4 is 10.1 Å². The molecular formula is C22H24ClNO5. The van der Waals surface area contributed by atoms with Crippen molar-refractivity contribution in [1.29, 1.82) is 0 Å². The van der Waals surface area contributed by atoms with Gasteiger partial charge in [-0.25, -0.2) is 0 Å². The summed E-state index contributed by atoms with van der Waals surface area (Å²) in [5, 5.41) is 3.49. The number of amides is 1. The average molecular weight is 418 g/mol. The maximum atomic E-state index is 11.5. The van der Waals surface area contributed by atoms with Crippen LogP contribution in [-0.2, 0) is 20.7 Å². The number of nitrogens with one attached hydrogen (secondary N) is 1. The number of benzene rings is 1. The van der Waals surface area contributed by atoms with Gasteiger partial charge >= 0.3 is 5.97 Å².